The molecule has 28 heavy (non-hydrogen) atoms. The third kappa shape index (κ3) is 6.38. The number of hydrogen-bond acceptors (Lipinski definition) is 4. The lowest BCUT2D eigenvalue weighted by atomic mass is 9.86. The van der Waals surface area contributed by atoms with Crippen LogP contribution in [0.25, 0.3) is 0 Å². The lowest BCUT2D eigenvalue weighted by molar-refractivity contribution is 0.316. The highest BCUT2D eigenvalue weighted by Gasteiger charge is 2.20. The van der Waals surface area contributed by atoms with Gasteiger partial charge in [0.25, 0.3) is 0 Å². The van der Waals surface area contributed by atoms with Crippen molar-refractivity contribution in [3.63, 3.8) is 0 Å². The van der Waals surface area contributed by atoms with Gasteiger partial charge < -0.3 is 15.4 Å². The summed E-state index contributed by atoms with van der Waals surface area (Å²) >= 11 is 0. The molecule has 3 rings (SSSR count). The Hall–Kier alpha value is -1.80. The second-order valence-electron chi connectivity index (χ2n) is 7.44. The molecule has 1 aliphatic heterocycles. The molecule has 1 heterocycles. The van der Waals surface area contributed by atoms with Gasteiger partial charge in [-0.2, -0.15) is 0 Å². The van der Waals surface area contributed by atoms with Gasteiger partial charge in [0.05, 0.1) is 18.9 Å². The maximum atomic E-state index is 12.1. The van der Waals surface area contributed by atoms with Crippen molar-refractivity contribution in [3.05, 3.63) is 29.3 Å². The number of hydrogen-bond donors (Lipinski definition) is 3. The third-order valence-electron chi connectivity index (χ3n) is 5.25. The van der Waals surface area contributed by atoms with Crippen molar-refractivity contribution < 1.29 is 13.2 Å². The second kappa shape index (κ2) is 10.1. The highest BCUT2D eigenvalue weighted by atomic mass is 32.2. The molecule has 3 N–H and O–H groups in total. The molecule has 1 aliphatic carbocycles. The van der Waals surface area contributed by atoms with Crippen molar-refractivity contribution in [1.82, 2.24) is 15.4 Å². The van der Waals surface area contributed by atoms with E-state index in [4.69, 9.17) is 4.74 Å². The molecule has 1 saturated carbocycles. The first kappa shape index (κ1) is 20.9. The van der Waals surface area contributed by atoms with Gasteiger partial charge in [0.2, 0.25) is 10.0 Å². The first-order chi connectivity index (χ1) is 13.6. The summed E-state index contributed by atoms with van der Waals surface area (Å²) in [6.45, 7) is 5.04. The zero-order chi connectivity index (χ0) is 19.8. The van der Waals surface area contributed by atoms with Gasteiger partial charge in [0, 0.05) is 26.1 Å². The van der Waals surface area contributed by atoms with E-state index in [1.165, 1.54) is 17.5 Å². The maximum absolute atomic E-state index is 12.1. The quantitative estimate of drug-likeness (QED) is 0.402. The molecule has 1 fully saturated rings. The van der Waals surface area contributed by atoms with Crippen molar-refractivity contribution in [2.45, 2.75) is 39.0 Å². The van der Waals surface area contributed by atoms with Crippen LogP contribution in [0.4, 0.5) is 0 Å². The van der Waals surface area contributed by atoms with Crippen molar-refractivity contribution in [3.8, 4) is 5.75 Å². The Morgan fingerprint density at radius 1 is 1.29 bits per heavy atom. The van der Waals surface area contributed by atoms with Crippen LogP contribution in [0.15, 0.2) is 23.2 Å². The van der Waals surface area contributed by atoms with E-state index in [1.807, 2.05) is 13.0 Å². The zero-order valence-electron chi connectivity index (χ0n) is 16.7. The van der Waals surface area contributed by atoms with Gasteiger partial charge >= 0.3 is 0 Å². The van der Waals surface area contributed by atoms with Crippen LogP contribution in [-0.4, -0.2) is 52.9 Å². The molecule has 0 atom stereocenters. The summed E-state index contributed by atoms with van der Waals surface area (Å²) in [4.78, 5) is 4.40. The summed E-state index contributed by atoms with van der Waals surface area (Å²) in [5, 5.41) is 6.45. The van der Waals surface area contributed by atoms with E-state index < -0.39 is 10.0 Å². The molecule has 0 radical (unpaired) electrons. The molecule has 1 aromatic carbocycles. The minimum atomic E-state index is -3.26. The largest absolute Gasteiger partial charge is 0.493 e. The molecule has 8 heteroatoms. The topological polar surface area (TPSA) is 91.8 Å². The highest BCUT2D eigenvalue weighted by Crippen LogP contribution is 2.26. The first-order valence-corrected chi connectivity index (χ1v) is 11.9. The predicted octanol–water partition coefficient (Wildman–Crippen LogP) is 1.44. The van der Waals surface area contributed by atoms with Gasteiger partial charge in [-0.05, 0) is 49.3 Å². The molecule has 156 valence electrons. The number of sulfonamides is 1. The Balaban J connectivity index is 1.41. The van der Waals surface area contributed by atoms with Crippen molar-refractivity contribution in [2.75, 3.05) is 38.5 Å². The summed E-state index contributed by atoms with van der Waals surface area (Å²) in [7, 11) is -3.26. The van der Waals surface area contributed by atoms with Crippen LogP contribution < -0.4 is 20.1 Å². The van der Waals surface area contributed by atoms with E-state index in [0.717, 1.165) is 51.1 Å². The number of guanidine groups is 1. The Morgan fingerprint density at radius 3 is 2.89 bits per heavy atom. The Bertz CT molecular complexity index is 776. The Labute approximate surface area is 168 Å². The van der Waals surface area contributed by atoms with Crippen LogP contribution in [0, 0.1) is 5.92 Å². The number of nitrogens with one attached hydrogen (secondary N) is 3. The van der Waals surface area contributed by atoms with Crippen LogP contribution in [0.3, 0.4) is 0 Å². The normalized spacial score (nSPS) is 17.0. The average Bonchev–Trinajstić information content (AvgIpc) is 3.08. The number of benzene rings is 1. The molecule has 2 aliphatic rings. The third-order valence-corrected chi connectivity index (χ3v) is 6.58. The van der Waals surface area contributed by atoms with Crippen molar-refractivity contribution in [1.29, 1.82) is 0 Å². The molecular weight excluding hydrogens is 376 g/mol. The van der Waals surface area contributed by atoms with Crippen LogP contribution in [-0.2, 0) is 22.9 Å². The van der Waals surface area contributed by atoms with Crippen LogP contribution in [0.1, 0.15) is 37.3 Å². The molecule has 0 spiro atoms. The van der Waals surface area contributed by atoms with E-state index in [2.05, 4.69) is 32.5 Å². The smallest absolute Gasteiger partial charge is 0.213 e. The zero-order valence-corrected chi connectivity index (χ0v) is 17.5. The number of nitrogens with zero attached hydrogens (tertiary/aromatic N) is 1. The molecule has 7 nitrogen and oxygen atoms in total. The molecular formula is C20H32N4O3S. The molecule has 1 aromatic rings. The van der Waals surface area contributed by atoms with Crippen LogP contribution in [0.5, 0.6) is 5.75 Å². The van der Waals surface area contributed by atoms with Crippen molar-refractivity contribution in [2.24, 2.45) is 10.9 Å². The number of fused-ring (bicyclic) bond motifs is 1. The van der Waals surface area contributed by atoms with E-state index >= 15 is 0 Å². The minimum absolute atomic E-state index is 0.0150. The van der Waals surface area contributed by atoms with E-state index in [1.54, 1.807) is 0 Å². The summed E-state index contributed by atoms with van der Waals surface area (Å²) in [5.41, 5.74) is 2.54. The van der Waals surface area contributed by atoms with Gasteiger partial charge in [0.15, 0.2) is 5.96 Å². The number of rotatable bonds is 10. The molecule has 0 amide bonds. The van der Waals surface area contributed by atoms with Gasteiger partial charge in [-0.15, -0.1) is 0 Å². The first-order valence-electron chi connectivity index (χ1n) is 10.3. The predicted molar refractivity (Wildman–Crippen MR) is 112 cm³/mol. The number of aliphatic imine (C=N–C) groups is 1. The lowest BCUT2D eigenvalue weighted by Crippen LogP contribution is -2.39. The fraction of sp³-hybridized carbons (Fsp3) is 0.650. The van der Waals surface area contributed by atoms with Gasteiger partial charge in [-0.25, -0.2) is 13.1 Å². The standard InChI is InChI=1S/C20H32N4O3S/c1-2-21-20(23-11-13-28(25,26)24-15-17-4-3-5-17)22-10-8-16-6-7-19-18(14-16)9-12-27-19/h6-7,14,17,24H,2-5,8-13,15H2,1H3,(H2,21,22,23). The number of ether oxygens (including phenoxy) is 1. The Morgan fingerprint density at radius 2 is 2.14 bits per heavy atom. The van der Waals surface area contributed by atoms with Gasteiger partial charge in [-0.1, -0.05) is 18.6 Å². The molecule has 0 saturated heterocycles. The van der Waals surface area contributed by atoms with E-state index in [0.29, 0.717) is 18.4 Å². The summed E-state index contributed by atoms with van der Waals surface area (Å²) in [6, 6.07) is 6.34. The minimum Gasteiger partial charge on any atom is -0.493 e. The SMILES string of the molecule is CCNC(=NCCS(=O)(=O)NCC1CCC1)NCCc1ccc2c(c1)CCO2. The van der Waals surface area contributed by atoms with Gasteiger partial charge in [-0.3, -0.25) is 4.99 Å². The fourth-order valence-electron chi connectivity index (χ4n) is 3.35. The molecule has 0 bridgehead atoms. The second-order valence-corrected chi connectivity index (χ2v) is 9.37. The fourth-order valence-corrected chi connectivity index (χ4v) is 4.32. The van der Waals surface area contributed by atoms with Crippen LogP contribution >= 0.6 is 0 Å². The monoisotopic (exact) mass is 408 g/mol. The van der Waals surface area contributed by atoms with Crippen molar-refractivity contribution >= 4 is 16.0 Å². The lowest BCUT2D eigenvalue weighted by Gasteiger charge is -2.25. The highest BCUT2D eigenvalue weighted by molar-refractivity contribution is 7.89. The van der Waals surface area contributed by atoms with Gasteiger partial charge in [0.1, 0.15) is 5.75 Å². The van der Waals surface area contributed by atoms with E-state index in [-0.39, 0.29) is 12.3 Å². The summed E-state index contributed by atoms with van der Waals surface area (Å²) < 4.78 is 32.4. The van der Waals surface area contributed by atoms with Crippen LogP contribution in [0.2, 0.25) is 0 Å². The summed E-state index contributed by atoms with van der Waals surface area (Å²) in [6.07, 6.45) is 5.33. The summed E-state index contributed by atoms with van der Waals surface area (Å²) in [5.74, 6) is 2.18. The molecule has 0 unspecified atom stereocenters. The van der Waals surface area contributed by atoms with E-state index in [9.17, 15) is 8.42 Å². The maximum Gasteiger partial charge on any atom is 0.213 e. The Kier molecular flexibility index (Phi) is 7.56. The molecule has 0 aromatic heterocycles. The average molecular weight is 409 g/mol.